The molecule has 0 aromatic heterocycles. The number of rotatable bonds is 2. The zero-order valence-electron chi connectivity index (χ0n) is 11.2. The van der Waals surface area contributed by atoms with Crippen LogP contribution in [0, 0.1) is 0 Å². The molecule has 2 N–H and O–H groups in total. The third-order valence-electron chi connectivity index (χ3n) is 3.48. The molecule has 1 aromatic rings. The third-order valence-corrected chi connectivity index (χ3v) is 3.97. The highest BCUT2D eigenvalue weighted by Gasteiger charge is 2.34. The van der Waals surface area contributed by atoms with Gasteiger partial charge in [0.2, 0.25) is 0 Å². The number of hydrogen-bond donors (Lipinski definition) is 1. The molecule has 0 aliphatic carbocycles. The molecule has 0 spiro atoms. The second-order valence-electron chi connectivity index (χ2n) is 4.68. The van der Waals surface area contributed by atoms with E-state index in [0.717, 1.165) is 28.6 Å². The number of nitrogens with two attached hydrogens (primary N) is 1. The molecule has 0 bridgehead atoms. The Labute approximate surface area is 122 Å². The molecule has 2 unspecified atom stereocenters. The van der Waals surface area contributed by atoms with Crippen LogP contribution >= 0.6 is 15.9 Å². The maximum atomic E-state index is 12.2. The van der Waals surface area contributed by atoms with Crippen molar-refractivity contribution in [3.05, 3.63) is 28.2 Å². The average Bonchev–Trinajstić information content (AvgIpc) is 2.39. The van der Waals surface area contributed by atoms with Gasteiger partial charge in [-0.15, -0.1) is 0 Å². The first-order chi connectivity index (χ1) is 9.08. The topological polar surface area (TPSA) is 55.6 Å². The van der Waals surface area contributed by atoms with E-state index in [1.807, 2.05) is 25.1 Å². The minimum atomic E-state index is -0.287. The Balaban J connectivity index is 2.45. The van der Waals surface area contributed by atoms with E-state index in [1.54, 1.807) is 4.90 Å². The number of carbonyl (C=O) groups is 1. The van der Waals surface area contributed by atoms with Gasteiger partial charge in [0.1, 0.15) is 0 Å². The van der Waals surface area contributed by atoms with Gasteiger partial charge in [0.25, 0.3) is 0 Å². The van der Waals surface area contributed by atoms with Crippen LogP contribution in [0.15, 0.2) is 22.7 Å². The Morgan fingerprint density at radius 1 is 1.53 bits per heavy atom. The van der Waals surface area contributed by atoms with Gasteiger partial charge < -0.3 is 10.5 Å². The lowest BCUT2D eigenvalue weighted by Crippen LogP contribution is -2.46. The second kappa shape index (κ2) is 5.92. The van der Waals surface area contributed by atoms with Crippen molar-refractivity contribution in [2.24, 2.45) is 5.73 Å². The molecule has 19 heavy (non-hydrogen) atoms. The molecule has 1 aliphatic rings. The Bertz CT molecular complexity index is 479. The van der Waals surface area contributed by atoms with Gasteiger partial charge in [0, 0.05) is 16.6 Å². The van der Waals surface area contributed by atoms with Crippen LogP contribution in [0.4, 0.5) is 10.5 Å². The lowest BCUT2D eigenvalue weighted by atomic mass is 9.91. The lowest BCUT2D eigenvalue weighted by Gasteiger charge is -2.38. The maximum Gasteiger partial charge on any atom is 0.414 e. The number of ether oxygens (including phenoxy) is 1. The highest BCUT2D eigenvalue weighted by atomic mass is 79.9. The number of anilines is 1. The monoisotopic (exact) mass is 326 g/mol. The quantitative estimate of drug-likeness (QED) is 0.903. The Morgan fingerprint density at radius 2 is 2.26 bits per heavy atom. The predicted octanol–water partition coefficient (Wildman–Crippen LogP) is 3.59. The maximum absolute atomic E-state index is 12.2. The highest BCUT2D eigenvalue weighted by molar-refractivity contribution is 9.10. The molecule has 0 saturated heterocycles. The van der Waals surface area contributed by atoms with Gasteiger partial charge in [-0.05, 0) is 43.5 Å². The fraction of sp³-hybridized carbons (Fsp3) is 0.500. The molecule has 5 heteroatoms. The van der Waals surface area contributed by atoms with E-state index in [1.165, 1.54) is 0 Å². The molecule has 1 heterocycles. The summed E-state index contributed by atoms with van der Waals surface area (Å²) in [4.78, 5) is 13.9. The van der Waals surface area contributed by atoms with Crippen molar-refractivity contribution >= 4 is 27.7 Å². The zero-order valence-corrected chi connectivity index (χ0v) is 12.8. The van der Waals surface area contributed by atoms with E-state index in [0.29, 0.717) is 6.61 Å². The summed E-state index contributed by atoms with van der Waals surface area (Å²) in [5.41, 5.74) is 8.08. The van der Waals surface area contributed by atoms with Crippen LogP contribution in [-0.2, 0) is 4.74 Å². The Morgan fingerprint density at radius 3 is 2.89 bits per heavy atom. The van der Waals surface area contributed by atoms with Crippen LogP contribution in [-0.4, -0.2) is 18.7 Å². The number of carbonyl (C=O) groups excluding carboxylic acids is 1. The summed E-state index contributed by atoms with van der Waals surface area (Å²) in [5, 5.41) is 0. The highest BCUT2D eigenvalue weighted by Crippen LogP contribution is 2.38. The summed E-state index contributed by atoms with van der Waals surface area (Å²) in [7, 11) is 0. The van der Waals surface area contributed by atoms with Crippen molar-refractivity contribution in [3.8, 4) is 0 Å². The molecule has 2 rings (SSSR count). The molecule has 104 valence electrons. The summed E-state index contributed by atoms with van der Waals surface area (Å²) in [6.45, 7) is 4.26. The molecule has 2 atom stereocenters. The first kappa shape index (κ1) is 14.3. The van der Waals surface area contributed by atoms with Crippen molar-refractivity contribution in [2.75, 3.05) is 11.5 Å². The fourth-order valence-corrected chi connectivity index (χ4v) is 2.93. The average molecular weight is 327 g/mol. The Hall–Kier alpha value is -1.07. The van der Waals surface area contributed by atoms with Crippen LogP contribution in [0.5, 0.6) is 0 Å². The molecule has 0 saturated carbocycles. The van der Waals surface area contributed by atoms with Crippen LogP contribution in [0.25, 0.3) is 0 Å². The normalized spacial score (nSPS) is 22.0. The fourth-order valence-electron chi connectivity index (χ4n) is 2.55. The van der Waals surface area contributed by atoms with E-state index in [-0.39, 0.29) is 18.2 Å². The van der Waals surface area contributed by atoms with Crippen molar-refractivity contribution in [3.63, 3.8) is 0 Å². The van der Waals surface area contributed by atoms with Crippen molar-refractivity contribution in [1.82, 2.24) is 0 Å². The number of benzene rings is 1. The van der Waals surface area contributed by atoms with E-state index in [4.69, 9.17) is 10.5 Å². The molecule has 0 fully saturated rings. The summed E-state index contributed by atoms with van der Waals surface area (Å²) < 4.78 is 6.14. The van der Waals surface area contributed by atoms with Gasteiger partial charge in [0.15, 0.2) is 0 Å². The van der Waals surface area contributed by atoms with Crippen molar-refractivity contribution in [2.45, 2.75) is 38.8 Å². The first-order valence-corrected chi connectivity index (χ1v) is 7.38. The molecule has 0 radical (unpaired) electrons. The summed E-state index contributed by atoms with van der Waals surface area (Å²) in [6.07, 6.45) is 1.34. The van der Waals surface area contributed by atoms with Crippen LogP contribution in [0.2, 0.25) is 0 Å². The molecule has 1 aromatic carbocycles. The largest absolute Gasteiger partial charge is 0.449 e. The predicted molar refractivity (Wildman–Crippen MR) is 79.3 cm³/mol. The van der Waals surface area contributed by atoms with Crippen LogP contribution in [0.3, 0.4) is 0 Å². The van der Waals surface area contributed by atoms with Gasteiger partial charge in [-0.2, -0.15) is 0 Å². The van der Waals surface area contributed by atoms with Crippen molar-refractivity contribution < 1.29 is 9.53 Å². The minimum absolute atomic E-state index is 0.0388. The van der Waals surface area contributed by atoms with Gasteiger partial charge in [-0.25, -0.2) is 4.79 Å². The zero-order chi connectivity index (χ0) is 14.0. The molecule has 1 amide bonds. The molecular formula is C14H19BrN2O2. The number of amides is 1. The van der Waals surface area contributed by atoms with Gasteiger partial charge in [-0.1, -0.05) is 22.9 Å². The summed E-state index contributed by atoms with van der Waals surface area (Å²) >= 11 is 3.45. The number of nitrogens with zero attached hydrogens (tertiary/aromatic N) is 1. The van der Waals surface area contributed by atoms with Gasteiger partial charge >= 0.3 is 6.09 Å². The van der Waals surface area contributed by atoms with Crippen LogP contribution in [0.1, 0.15) is 38.3 Å². The first-order valence-electron chi connectivity index (χ1n) is 6.59. The molecular weight excluding hydrogens is 308 g/mol. The SMILES string of the molecule is CCOC(=O)N1c2ccc(Br)cc2C(N)CC1CC. The smallest absolute Gasteiger partial charge is 0.414 e. The summed E-state index contributed by atoms with van der Waals surface area (Å²) in [6, 6.07) is 5.90. The number of fused-ring (bicyclic) bond motifs is 1. The van der Waals surface area contributed by atoms with E-state index < -0.39 is 0 Å². The van der Waals surface area contributed by atoms with E-state index in [9.17, 15) is 4.79 Å². The van der Waals surface area contributed by atoms with Crippen LogP contribution < -0.4 is 10.6 Å². The Kier molecular flexibility index (Phi) is 4.47. The second-order valence-corrected chi connectivity index (χ2v) is 5.59. The van der Waals surface area contributed by atoms with E-state index >= 15 is 0 Å². The lowest BCUT2D eigenvalue weighted by molar-refractivity contribution is 0.155. The minimum Gasteiger partial charge on any atom is -0.449 e. The third kappa shape index (κ3) is 2.77. The molecule has 4 nitrogen and oxygen atoms in total. The van der Waals surface area contributed by atoms with E-state index in [2.05, 4.69) is 22.9 Å². The standard InChI is InChI=1S/C14H19BrN2O2/c1-3-10-8-12(16)11-7-9(15)5-6-13(11)17(10)14(18)19-4-2/h5-7,10,12H,3-4,8,16H2,1-2H3. The number of hydrogen-bond acceptors (Lipinski definition) is 3. The number of halogens is 1. The van der Waals surface area contributed by atoms with Gasteiger partial charge in [0.05, 0.1) is 12.3 Å². The van der Waals surface area contributed by atoms with Gasteiger partial charge in [-0.3, -0.25) is 4.90 Å². The molecule has 1 aliphatic heterocycles. The van der Waals surface area contributed by atoms with Crippen molar-refractivity contribution in [1.29, 1.82) is 0 Å². The summed E-state index contributed by atoms with van der Waals surface area (Å²) in [5.74, 6) is 0.